The van der Waals surface area contributed by atoms with Gasteiger partial charge in [0.2, 0.25) is 10.0 Å². The second kappa shape index (κ2) is 6.08. The van der Waals surface area contributed by atoms with Gasteiger partial charge in [0.25, 0.3) is 0 Å². The molecule has 0 amide bonds. The van der Waals surface area contributed by atoms with Crippen LogP contribution in [0.2, 0.25) is 0 Å². The van der Waals surface area contributed by atoms with Crippen LogP contribution in [-0.2, 0) is 14.8 Å². The van der Waals surface area contributed by atoms with Gasteiger partial charge in [-0.1, -0.05) is 30.3 Å². The van der Waals surface area contributed by atoms with Gasteiger partial charge >= 0.3 is 0 Å². The summed E-state index contributed by atoms with van der Waals surface area (Å²) in [6, 6.07) is 14.3. The molecule has 7 heteroatoms. The van der Waals surface area contributed by atoms with Gasteiger partial charge in [-0.15, -0.1) is 0 Å². The van der Waals surface area contributed by atoms with Crippen molar-refractivity contribution < 1.29 is 22.6 Å². The maximum absolute atomic E-state index is 12.8. The Balaban J connectivity index is 1.57. The average Bonchev–Trinajstić information content (AvgIpc) is 3.13. The Morgan fingerprint density at radius 3 is 2.50 bits per heavy atom. The third-order valence-corrected chi connectivity index (χ3v) is 5.90. The summed E-state index contributed by atoms with van der Waals surface area (Å²) < 4.78 is 43.6. The Labute approximate surface area is 140 Å². The minimum Gasteiger partial charge on any atom is -0.486 e. The highest BCUT2D eigenvalue weighted by atomic mass is 32.2. The van der Waals surface area contributed by atoms with Gasteiger partial charge in [0.15, 0.2) is 11.5 Å². The molecule has 4 rings (SSSR count). The lowest BCUT2D eigenvalue weighted by molar-refractivity contribution is 0.104. The first kappa shape index (κ1) is 15.4. The topological polar surface area (TPSA) is 65.1 Å². The summed E-state index contributed by atoms with van der Waals surface area (Å²) in [7, 11) is -3.64. The number of nitrogens with zero attached hydrogens (tertiary/aromatic N) is 1. The molecule has 24 heavy (non-hydrogen) atoms. The zero-order valence-corrected chi connectivity index (χ0v) is 13.7. The van der Waals surface area contributed by atoms with Crippen LogP contribution in [-0.4, -0.2) is 39.2 Å². The van der Waals surface area contributed by atoms with Gasteiger partial charge in [-0.05, 0) is 17.7 Å². The summed E-state index contributed by atoms with van der Waals surface area (Å²) in [6.07, 6.45) is -0.252. The fraction of sp³-hybridized carbons (Fsp3) is 0.294. The molecule has 1 atom stereocenters. The number of hydrogen-bond donors (Lipinski definition) is 0. The molecule has 6 nitrogen and oxygen atoms in total. The SMILES string of the molecule is O=S(=O)(c1ccc2c(c1)OCCO2)N1COC(c2ccccc2)C1. The minimum atomic E-state index is -3.64. The van der Waals surface area contributed by atoms with E-state index in [-0.39, 0.29) is 17.7 Å². The maximum atomic E-state index is 12.8. The molecule has 0 N–H and O–H groups in total. The molecule has 2 aliphatic heterocycles. The van der Waals surface area contributed by atoms with Gasteiger partial charge in [0, 0.05) is 12.6 Å². The Bertz CT molecular complexity index is 837. The van der Waals surface area contributed by atoms with Crippen molar-refractivity contribution in [2.75, 3.05) is 26.5 Å². The molecule has 1 unspecified atom stereocenters. The Morgan fingerprint density at radius 1 is 0.958 bits per heavy atom. The highest BCUT2D eigenvalue weighted by Gasteiger charge is 2.34. The second-order valence-corrected chi connectivity index (χ2v) is 7.58. The van der Waals surface area contributed by atoms with Crippen LogP contribution in [0.5, 0.6) is 11.5 Å². The highest BCUT2D eigenvalue weighted by molar-refractivity contribution is 7.89. The quantitative estimate of drug-likeness (QED) is 0.851. The average molecular weight is 347 g/mol. The van der Waals surface area contributed by atoms with Crippen molar-refractivity contribution >= 4 is 10.0 Å². The largest absolute Gasteiger partial charge is 0.486 e. The Morgan fingerprint density at radius 2 is 1.71 bits per heavy atom. The summed E-state index contributed by atoms with van der Waals surface area (Å²) in [5.41, 5.74) is 0.970. The maximum Gasteiger partial charge on any atom is 0.245 e. The van der Waals surface area contributed by atoms with E-state index in [1.807, 2.05) is 30.3 Å². The van der Waals surface area contributed by atoms with Gasteiger partial charge in [-0.2, -0.15) is 4.31 Å². The van der Waals surface area contributed by atoms with E-state index in [1.54, 1.807) is 12.1 Å². The number of rotatable bonds is 3. The van der Waals surface area contributed by atoms with E-state index >= 15 is 0 Å². The highest BCUT2D eigenvalue weighted by Crippen LogP contribution is 2.35. The van der Waals surface area contributed by atoms with Crippen molar-refractivity contribution in [1.82, 2.24) is 4.31 Å². The van der Waals surface area contributed by atoms with E-state index in [1.165, 1.54) is 10.4 Å². The normalized spacial score (nSPS) is 20.9. The van der Waals surface area contributed by atoms with Crippen molar-refractivity contribution in [2.45, 2.75) is 11.0 Å². The monoisotopic (exact) mass is 347 g/mol. The molecule has 2 aromatic rings. The van der Waals surface area contributed by atoms with Gasteiger partial charge in [0.05, 0.1) is 11.0 Å². The molecule has 2 heterocycles. The first-order chi connectivity index (χ1) is 11.6. The van der Waals surface area contributed by atoms with Crippen LogP contribution in [0.1, 0.15) is 11.7 Å². The zero-order chi connectivity index (χ0) is 16.6. The predicted molar refractivity (Wildman–Crippen MR) is 86.5 cm³/mol. The number of sulfonamides is 1. The third-order valence-electron chi connectivity index (χ3n) is 4.11. The molecular formula is C17H17NO5S. The fourth-order valence-corrected chi connectivity index (χ4v) is 4.16. The second-order valence-electron chi connectivity index (χ2n) is 5.64. The van der Waals surface area contributed by atoms with Crippen molar-refractivity contribution in [3.05, 3.63) is 54.1 Å². The summed E-state index contributed by atoms with van der Waals surface area (Å²) in [4.78, 5) is 0.184. The first-order valence-corrected chi connectivity index (χ1v) is 9.15. The van der Waals surface area contributed by atoms with Crippen LogP contribution in [0.15, 0.2) is 53.4 Å². The molecule has 0 saturated carbocycles. The summed E-state index contributed by atoms with van der Waals surface area (Å²) in [6.45, 7) is 1.22. The van der Waals surface area contributed by atoms with Crippen LogP contribution >= 0.6 is 0 Å². The lowest BCUT2D eigenvalue weighted by Gasteiger charge is -2.20. The van der Waals surface area contributed by atoms with Crippen LogP contribution < -0.4 is 9.47 Å². The molecule has 0 aromatic heterocycles. The van der Waals surface area contributed by atoms with Crippen molar-refractivity contribution in [2.24, 2.45) is 0 Å². The Hall–Kier alpha value is -2.09. The third kappa shape index (κ3) is 2.75. The molecule has 2 aromatic carbocycles. The standard InChI is InChI=1S/C17H17NO5S/c19-24(20,14-6-7-15-16(10-14)22-9-8-21-15)18-11-17(23-12-18)13-4-2-1-3-5-13/h1-7,10,17H,8-9,11-12H2. The molecule has 0 spiro atoms. The van der Waals surface area contributed by atoms with Crippen molar-refractivity contribution in [1.29, 1.82) is 0 Å². The zero-order valence-electron chi connectivity index (χ0n) is 12.9. The van der Waals surface area contributed by atoms with E-state index in [4.69, 9.17) is 14.2 Å². The molecule has 2 aliphatic rings. The summed E-state index contributed by atoms with van der Waals surface area (Å²) in [5.74, 6) is 1.03. The molecule has 126 valence electrons. The van der Waals surface area contributed by atoms with Crippen LogP contribution in [0, 0.1) is 0 Å². The van der Waals surface area contributed by atoms with Crippen molar-refractivity contribution in [3.63, 3.8) is 0 Å². The first-order valence-electron chi connectivity index (χ1n) is 7.71. The van der Waals surface area contributed by atoms with Crippen LogP contribution in [0.25, 0.3) is 0 Å². The lowest BCUT2D eigenvalue weighted by atomic mass is 10.1. The van der Waals surface area contributed by atoms with Gasteiger partial charge in [0.1, 0.15) is 19.9 Å². The molecule has 0 bridgehead atoms. The minimum absolute atomic E-state index is 0.0380. The van der Waals surface area contributed by atoms with E-state index in [9.17, 15) is 8.42 Å². The van der Waals surface area contributed by atoms with E-state index in [0.29, 0.717) is 31.3 Å². The number of fused-ring (bicyclic) bond motifs is 1. The number of ether oxygens (including phenoxy) is 3. The molecule has 1 fully saturated rings. The number of benzene rings is 2. The Kier molecular flexibility index (Phi) is 3.91. The van der Waals surface area contributed by atoms with Gasteiger partial charge in [-0.3, -0.25) is 0 Å². The number of hydrogen-bond acceptors (Lipinski definition) is 5. The van der Waals surface area contributed by atoms with E-state index in [2.05, 4.69) is 0 Å². The van der Waals surface area contributed by atoms with Crippen LogP contribution in [0.3, 0.4) is 0 Å². The smallest absolute Gasteiger partial charge is 0.245 e. The van der Waals surface area contributed by atoms with Gasteiger partial charge < -0.3 is 14.2 Å². The predicted octanol–water partition coefficient (Wildman–Crippen LogP) is 2.18. The fourth-order valence-electron chi connectivity index (χ4n) is 2.83. The van der Waals surface area contributed by atoms with Crippen LogP contribution in [0.4, 0.5) is 0 Å². The van der Waals surface area contributed by atoms with E-state index < -0.39 is 10.0 Å². The van der Waals surface area contributed by atoms with E-state index in [0.717, 1.165) is 5.56 Å². The molecule has 1 saturated heterocycles. The molecule has 0 radical (unpaired) electrons. The van der Waals surface area contributed by atoms with Crippen molar-refractivity contribution in [3.8, 4) is 11.5 Å². The molecular weight excluding hydrogens is 330 g/mol. The summed E-state index contributed by atoms with van der Waals surface area (Å²) in [5, 5.41) is 0. The summed E-state index contributed by atoms with van der Waals surface area (Å²) >= 11 is 0. The molecule has 0 aliphatic carbocycles. The van der Waals surface area contributed by atoms with Gasteiger partial charge in [-0.25, -0.2) is 8.42 Å². The lowest BCUT2D eigenvalue weighted by Crippen LogP contribution is -2.29.